The predicted molar refractivity (Wildman–Crippen MR) is 62.9 cm³/mol. The smallest absolute Gasteiger partial charge is 0.228 e. The second-order valence-electron chi connectivity index (χ2n) is 3.97. The van der Waals surface area contributed by atoms with Gasteiger partial charge in [-0.05, 0) is 37.7 Å². The molecule has 0 aliphatic heterocycles. The summed E-state index contributed by atoms with van der Waals surface area (Å²) in [6, 6.07) is 4.48. The van der Waals surface area contributed by atoms with Gasteiger partial charge in [0.1, 0.15) is 5.82 Å². The molecule has 1 atom stereocenters. The van der Waals surface area contributed by atoms with Crippen LogP contribution in [0.3, 0.4) is 0 Å². The maximum atomic E-state index is 13.1. The van der Waals surface area contributed by atoms with Crippen LogP contribution in [0, 0.1) is 18.7 Å². The molecule has 0 aromatic heterocycles. The molecular formula is C12H17FN2O. The Bertz CT molecular complexity index is 359. The highest BCUT2D eigenvalue weighted by Gasteiger charge is 2.12. The van der Waals surface area contributed by atoms with Crippen molar-refractivity contribution >= 4 is 11.6 Å². The molecule has 1 amide bonds. The van der Waals surface area contributed by atoms with Crippen molar-refractivity contribution in [3.8, 4) is 0 Å². The number of carbonyl (C=O) groups is 1. The molecule has 0 aliphatic carbocycles. The third-order valence-corrected chi connectivity index (χ3v) is 2.27. The van der Waals surface area contributed by atoms with Crippen molar-refractivity contribution in [2.24, 2.45) is 5.92 Å². The molecule has 1 unspecified atom stereocenters. The number of benzene rings is 1. The minimum Gasteiger partial charge on any atom is -0.326 e. The second-order valence-corrected chi connectivity index (χ2v) is 3.97. The minimum atomic E-state index is -0.337. The van der Waals surface area contributed by atoms with E-state index in [2.05, 4.69) is 10.6 Å². The van der Waals surface area contributed by atoms with Crippen LogP contribution in [0.25, 0.3) is 0 Å². The van der Waals surface area contributed by atoms with Gasteiger partial charge in [-0.2, -0.15) is 0 Å². The van der Waals surface area contributed by atoms with Crippen LogP contribution in [0.4, 0.5) is 10.1 Å². The number of aryl methyl sites for hydroxylation is 1. The Balaban J connectivity index is 2.69. The fourth-order valence-corrected chi connectivity index (χ4v) is 1.47. The van der Waals surface area contributed by atoms with Crippen molar-refractivity contribution in [1.29, 1.82) is 0 Å². The number of anilines is 1. The summed E-state index contributed by atoms with van der Waals surface area (Å²) in [5, 5.41) is 5.61. The fourth-order valence-electron chi connectivity index (χ4n) is 1.47. The maximum Gasteiger partial charge on any atom is 0.228 e. The summed E-state index contributed by atoms with van der Waals surface area (Å²) >= 11 is 0. The molecule has 0 spiro atoms. The largest absolute Gasteiger partial charge is 0.326 e. The van der Waals surface area contributed by atoms with Gasteiger partial charge in [-0.15, -0.1) is 0 Å². The normalized spacial score (nSPS) is 12.2. The van der Waals surface area contributed by atoms with Gasteiger partial charge < -0.3 is 10.6 Å². The van der Waals surface area contributed by atoms with Crippen LogP contribution in [0.15, 0.2) is 18.2 Å². The van der Waals surface area contributed by atoms with Crippen molar-refractivity contribution < 1.29 is 9.18 Å². The van der Waals surface area contributed by atoms with Gasteiger partial charge in [-0.25, -0.2) is 4.39 Å². The van der Waals surface area contributed by atoms with Crippen LogP contribution < -0.4 is 10.6 Å². The van der Waals surface area contributed by atoms with Crippen molar-refractivity contribution in [1.82, 2.24) is 5.32 Å². The molecule has 0 saturated carbocycles. The van der Waals surface area contributed by atoms with Crippen LogP contribution in [0.2, 0.25) is 0 Å². The summed E-state index contributed by atoms with van der Waals surface area (Å²) in [5.41, 5.74) is 1.29. The maximum absolute atomic E-state index is 13.1. The van der Waals surface area contributed by atoms with Crippen LogP contribution in [0.1, 0.15) is 12.5 Å². The Kier molecular flexibility index (Phi) is 4.43. The van der Waals surface area contributed by atoms with Crippen molar-refractivity contribution in [3.05, 3.63) is 29.6 Å². The topological polar surface area (TPSA) is 41.1 Å². The molecule has 0 aliphatic rings. The first kappa shape index (κ1) is 12.6. The van der Waals surface area contributed by atoms with E-state index in [0.29, 0.717) is 12.2 Å². The Morgan fingerprint density at radius 2 is 2.12 bits per heavy atom. The summed E-state index contributed by atoms with van der Waals surface area (Å²) in [4.78, 5) is 11.7. The van der Waals surface area contributed by atoms with Gasteiger partial charge >= 0.3 is 0 Å². The lowest BCUT2D eigenvalue weighted by molar-refractivity contribution is -0.119. The Morgan fingerprint density at radius 1 is 1.44 bits per heavy atom. The first-order valence-corrected chi connectivity index (χ1v) is 5.25. The van der Waals surface area contributed by atoms with Gasteiger partial charge in [0.15, 0.2) is 0 Å². The Hall–Kier alpha value is -1.42. The van der Waals surface area contributed by atoms with Crippen LogP contribution in [-0.4, -0.2) is 19.5 Å². The molecule has 0 bridgehead atoms. The second kappa shape index (κ2) is 5.61. The molecule has 1 rings (SSSR count). The number of rotatable bonds is 4. The summed E-state index contributed by atoms with van der Waals surface area (Å²) in [5.74, 6) is -0.593. The monoisotopic (exact) mass is 224 g/mol. The highest BCUT2D eigenvalue weighted by molar-refractivity contribution is 5.92. The van der Waals surface area contributed by atoms with E-state index < -0.39 is 0 Å². The zero-order valence-electron chi connectivity index (χ0n) is 9.80. The molecule has 0 saturated heterocycles. The zero-order valence-corrected chi connectivity index (χ0v) is 9.80. The average molecular weight is 224 g/mol. The average Bonchev–Trinajstić information content (AvgIpc) is 2.16. The number of carbonyl (C=O) groups excluding carboxylic acids is 1. The van der Waals surface area contributed by atoms with E-state index in [0.717, 1.165) is 5.56 Å². The number of nitrogens with one attached hydrogen (secondary N) is 2. The van der Waals surface area contributed by atoms with Crippen LogP contribution in [0.5, 0.6) is 0 Å². The van der Waals surface area contributed by atoms with E-state index in [1.165, 1.54) is 12.1 Å². The highest BCUT2D eigenvalue weighted by atomic mass is 19.1. The van der Waals surface area contributed by atoms with Crippen molar-refractivity contribution in [2.75, 3.05) is 18.9 Å². The number of amides is 1. The van der Waals surface area contributed by atoms with Gasteiger partial charge in [-0.1, -0.05) is 6.92 Å². The van der Waals surface area contributed by atoms with Crippen LogP contribution in [-0.2, 0) is 4.79 Å². The van der Waals surface area contributed by atoms with Crippen molar-refractivity contribution in [2.45, 2.75) is 13.8 Å². The lowest BCUT2D eigenvalue weighted by Crippen LogP contribution is -2.28. The molecule has 1 aromatic carbocycles. The van der Waals surface area contributed by atoms with E-state index in [1.54, 1.807) is 20.0 Å². The molecule has 0 heterocycles. The molecule has 16 heavy (non-hydrogen) atoms. The third kappa shape index (κ3) is 3.62. The van der Waals surface area contributed by atoms with E-state index in [1.807, 2.05) is 6.92 Å². The number of hydrogen-bond donors (Lipinski definition) is 2. The molecule has 0 fully saturated rings. The van der Waals surface area contributed by atoms with E-state index in [4.69, 9.17) is 0 Å². The van der Waals surface area contributed by atoms with E-state index in [9.17, 15) is 9.18 Å². The van der Waals surface area contributed by atoms with Gasteiger partial charge in [0.2, 0.25) is 5.91 Å². The van der Waals surface area contributed by atoms with Crippen LogP contribution >= 0.6 is 0 Å². The van der Waals surface area contributed by atoms with Gasteiger partial charge in [-0.3, -0.25) is 4.79 Å². The Morgan fingerprint density at radius 3 is 2.69 bits per heavy atom. The fraction of sp³-hybridized carbons (Fsp3) is 0.417. The highest BCUT2D eigenvalue weighted by Crippen LogP contribution is 2.14. The first-order valence-electron chi connectivity index (χ1n) is 5.25. The zero-order chi connectivity index (χ0) is 12.1. The molecule has 3 nitrogen and oxygen atoms in total. The summed E-state index contributed by atoms with van der Waals surface area (Å²) in [7, 11) is 1.79. The van der Waals surface area contributed by atoms with Gasteiger partial charge in [0.05, 0.1) is 0 Å². The van der Waals surface area contributed by atoms with E-state index >= 15 is 0 Å². The molecule has 0 radical (unpaired) electrons. The van der Waals surface area contributed by atoms with Gasteiger partial charge in [0.25, 0.3) is 0 Å². The molecule has 2 N–H and O–H groups in total. The van der Waals surface area contributed by atoms with E-state index in [-0.39, 0.29) is 17.6 Å². The lowest BCUT2D eigenvalue weighted by Gasteiger charge is -2.12. The molecule has 4 heteroatoms. The third-order valence-electron chi connectivity index (χ3n) is 2.27. The minimum absolute atomic E-state index is 0.112. The van der Waals surface area contributed by atoms with Crippen molar-refractivity contribution in [3.63, 3.8) is 0 Å². The SMILES string of the molecule is CNCC(C)C(=O)Nc1cc(C)cc(F)c1. The predicted octanol–water partition coefficient (Wildman–Crippen LogP) is 1.93. The standard InChI is InChI=1S/C12H17FN2O/c1-8-4-10(13)6-11(5-8)15-12(16)9(2)7-14-3/h4-6,9,14H,7H2,1-3H3,(H,15,16). The first-order chi connectivity index (χ1) is 7.52. The van der Waals surface area contributed by atoms with Gasteiger partial charge in [0, 0.05) is 18.2 Å². The lowest BCUT2D eigenvalue weighted by atomic mass is 10.1. The quantitative estimate of drug-likeness (QED) is 0.820. The molecular weight excluding hydrogens is 207 g/mol. The molecule has 88 valence electrons. The number of hydrogen-bond acceptors (Lipinski definition) is 2. The number of halogens is 1. The summed E-state index contributed by atoms with van der Waals surface area (Å²) in [6.45, 7) is 4.20. The Labute approximate surface area is 95.0 Å². The molecule has 1 aromatic rings. The summed E-state index contributed by atoms with van der Waals surface area (Å²) in [6.07, 6.45) is 0. The summed E-state index contributed by atoms with van der Waals surface area (Å²) < 4.78 is 13.1.